The molecule has 0 unspecified atom stereocenters. The van der Waals surface area contributed by atoms with E-state index in [1.807, 2.05) is 13.8 Å². The van der Waals surface area contributed by atoms with Crippen molar-refractivity contribution in [2.45, 2.75) is 13.8 Å². The molecule has 0 spiro atoms. The highest BCUT2D eigenvalue weighted by molar-refractivity contribution is 7.80. The number of aryl methyl sites for hydroxylation is 2. The summed E-state index contributed by atoms with van der Waals surface area (Å²) in [6.07, 6.45) is 0. The highest BCUT2D eigenvalue weighted by Gasteiger charge is 2.09. The zero-order valence-corrected chi connectivity index (χ0v) is 12.9. The predicted molar refractivity (Wildman–Crippen MR) is 80.4 cm³/mol. The Kier molecular flexibility index (Phi) is 4.50. The smallest absolute Gasteiger partial charge is 0.188 e. The van der Waals surface area contributed by atoms with Crippen molar-refractivity contribution in [3.05, 3.63) is 33.1 Å². The highest BCUT2D eigenvalue weighted by atomic mass is 32.9. The van der Waals surface area contributed by atoms with Crippen LogP contribution >= 0.6 is 32.9 Å². The van der Waals surface area contributed by atoms with Crippen LogP contribution in [-0.4, -0.2) is 13.9 Å². The monoisotopic (exact) mass is 298 g/mol. The molecule has 5 heteroatoms. The lowest BCUT2D eigenvalue weighted by molar-refractivity contribution is 0.0501. The molecule has 0 amide bonds. The number of ether oxygens (including phenoxy) is 2. The van der Waals surface area contributed by atoms with E-state index < -0.39 is 0 Å². The van der Waals surface area contributed by atoms with Crippen molar-refractivity contribution < 1.29 is 9.47 Å². The quantitative estimate of drug-likeness (QED) is 0.458. The molecule has 96 valence electrons. The Morgan fingerprint density at radius 2 is 1.78 bits per heavy atom. The first-order valence-electron chi connectivity index (χ1n) is 5.45. The summed E-state index contributed by atoms with van der Waals surface area (Å²) in [7, 11) is 4.97. The van der Waals surface area contributed by atoms with Gasteiger partial charge in [0.05, 0.1) is 0 Å². The molecule has 2 rings (SSSR count). The normalized spacial score (nSPS) is 10.6. The van der Waals surface area contributed by atoms with Crippen molar-refractivity contribution in [1.29, 1.82) is 0 Å². The van der Waals surface area contributed by atoms with Crippen LogP contribution in [0.25, 0.3) is 10.4 Å². The molecular weight excluding hydrogens is 284 g/mol. The number of hydrogen-bond acceptors (Lipinski definition) is 5. The van der Waals surface area contributed by atoms with Gasteiger partial charge in [0, 0.05) is 12.0 Å². The van der Waals surface area contributed by atoms with Gasteiger partial charge in [-0.25, -0.2) is 0 Å². The summed E-state index contributed by atoms with van der Waals surface area (Å²) < 4.78 is 11.5. The third kappa shape index (κ3) is 2.98. The lowest BCUT2D eigenvalue weighted by atomic mass is 10.0. The average Bonchev–Trinajstić information content (AvgIpc) is 2.75. The Morgan fingerprint density at radius 1 is 1.11 bits per heavy atom. The molecule has 2 nitrogen and oxygen atoms in total. The topological polar surface area (TPSA) is 18.5 Å². The van der Waals surface area contributed by atoms with Crippen LogP contribution in [0.4, 0.5) is 0 Å². The first-order chi connectivity index (χ1) is 8.61. The van der Waals surface area contributed by atoms with E-state index in [0.717, 1.165) is 20.7 Å². The molecule has 18 heavy (non-hydrogen) atoms. The molecular formula is C13H14O2S3. The van der Waals surface area contributed by atoms with Gasteiger partial charge >= 0.3 is 0 Å². The van der Waals surface area contributed by atoms with Gasteiger partial charge in [-0.3, -0.25) is 0 Å². The number of methoxy groups -OCH3 is 1. The van der Waals surface area contributed by atoms with Gasteiger partial charge in [-0.05, 0) is 48.7 Å². The number of hydrogen-bond donors (Lipinski definition) is 0. The maximum absolute atomic E-state index is 5.58. The van der Waals surface area contributed by atoms with Gasteiger partial charge in [-0.1, -0.05) is 32.9 Å². The Bertz CT molecular complexity index is 575. The second-order valence-electron chi connectivity index (χ2n) is 3.98. The van der Waals surface area contributed by atoms with Crippen molar-refractivity contribution in [3.63, 3.8) is 0 Å². The summed E-state index contributed by atoms with van der Waals surface area (Å²) in [5.41, 5.74) is 3.44. The number of benzene rings is 1. The third-order valence-electron chi connectivity index (χ3n) is 2.53. The van der Waals surface area contributed by atoms with Gasteiger partial charge in [-0.15, -0.1) is 0 Å². The summed E-state index contributed by atoms with van der Waals surface area (Å²) in [6.45, 7) is 4.37. The van der Waals surface area contributed by atoms with E-state index in [-0.39, 0.29) is 6.79 Å². The van der Waals surface area contributed by atoms with E-state index in [1.165, 1.54) is 10.4 Å². The van der Waals surface area contributed by atoms with Crippen LogP contribution < -0.4 is 4.74 Å². The predicted octanol–water partition coefficient (Wildman–Crippen LogP) is 4.81. The summed E-state index contributed by atoms with van der Waals surface area (Å²) in [6, 6.07) is 6.31. The van der Waals surface area contributed by atoms with Crippen molar-refractivity contribution in [1.82, 2.24) is 0 Å². The SMILES string of the molecule is COCOc1c(C)cc(-c2cc(=S)ss2)cc1C. The summed E-state index contributed by atoms with van der Waals surface area (Å²) in [5.74, 6) is 0.902. The molecule has 0 aliphatic heterocycles. The molecule has 1 aromatic heterocycles. The van der Waals surface area contributed by atoms with Gasteiger partial charge in [0.1, 0.15) is 9.57 Å². The largest absolute Gasteiger partial charge is 0.467 e. The molecule has 0 aliphatic carbocycles. The molecule has 1 aromatic carbocycles. The fourth-order valence-electron chi connectivity index (χ4n) is 1.81. The molecule has 0 N–H and O–H groups in total. The van der Waals surface area contributed by atoms with Gasteiger partial charge in [0.25, 0.3) is 0 Å². The van der Waals surface area contributed by atoms with Gasteiger partial charge in [0.2, 0.25) is 0 Å². The van der Waals surface area contributed by atoms with Crippen LogP contribution in [0, 0.1) is 17.7 Å². The van der Waals surface area contributed by atoms with Gasteiger partial charge < -0.3 is 9.47 Å². The fraction of sp³-hybridized carbons (Fsp3) is 0.308. The van der Waals surface area contributed by atoms with Crippen molar-refractivity contribution in [2.75, 3.05) is 13.9 Å². The molecule has 0 fully saturated rings. The van der Waals surface area contributed by atoms with E-state index in [4.69, 9.17) is 21.7 Å². The minimum Gasteiger partial charge on any atom is -0.467 e. The van der Waals surface area contributed by atoms with Crippen molar-refractivity contribution in [3.8, 4) is 16.2 Å². The van der Waals surface area contributed by atoms with Crippen molar-refractivity contribution in [2.24, 2.45) is 0 Å². The van der Waals surface area contributed by atoms with E-state index in [0.29, 0.717) is 0 Å². The summed E-state index contributed by atoms with van der Waals surface area (Å²) >= 11 is 5.17. The van der Waals surface area contributed by atoms with Crippen LogP contribution in [0.2, 0.25) is 0 Å². The third-order valence-corrected chi connectivity index (χ3v) is 5.44. The molecule has 2 aromatic rings. The fourth-order valence-corrected chi connectivity index (χ4v) is 4.19. The second kappa shape index (κ2) is 5.93. The molecule has 0 aliphatic rings. The Morgan fingerprint density at radius 3 is 2.28 bits per heavy atom. The lowest BCUT2D eigenvalue weighted by Crippen LogP contribution is -2.02. The first-order valence-corrected chi connectivity index (χ1v) is 8.01. The molecule has 0 atom stereocenters. The molecule has 0 bridgehead atoms. The first kappa shape index (κ1) is 13.7. The minimum atomic E-state index is 0.276. The van der Waals surface area contributed by atoms with Crippen LogP contribution in [-0.2, 0) is 4.74 Å². The minimum absolute atomic E-state index is 0.276. The lowest BCUT2D eigenvalue weighted by Gasteiger charge is -2.12. The van der Waals surface area contributed by atoms with E-state index in [2.05, 4.69) is 18.2 Å². The maximum Gasteiger partial charge on any atom is 0.188 e. The van der Waals surface area contributed by atoms with E-state index in [9.17, 15) is 0 Å². The van der Waals surface area contributed by atoms with Gasteiger partial charge in [0.15, 0.2) is 6.79 Å². The van der Waals surface area contributed by atoms with Gasteiger partial charge in [-0.2, -0.15) is 0 Å². The van der Waals surface area contributed by atoms with E-state index >= 15 is 0 Å². The summed E-state index contributed by atoms with van der Waals surface area (Å²) in [4.78, 5) is 1.22. The van der Waals surface area contributed by atoms with Crippen LogP contribution in [0.1, 0.15) is 11.1 Å². The zero-order valence-electron chi connectivity index (χ0n) is 10.5. The molecule has 0 saturated heterocycles. The molecule has 0 saturated carbocycles. The van der Waals surface area contributed by atoms with Crippen LogP contribution in [0.5, 0.6) is 5.75 Å². The van der Waals surface area contributed by atoms with Crippen LogP contribution in [0.3, 0.4) is 0 Å². The van der Waals surface area contributed by atoms with Crippen LogP contribution in [0.15, 0.2) is 18.2 Å². The average molecular weight is 298 g/mol. The number of rotatable bonds is 4. The Balaban J connectivity index is 2.39. The Labute approximate surface area is 119 Å². The molecule has 1 heterocycles. The van der Waals surface area contributed by atoms with E-state index in [1.54, 1.807) is 27.8 Å². The Hall–Kier alpha value is -0.750. The maximum atomic E-state index is 5.58. The zero-order chi connectivity index (χ0) is 13.1. The highest BCUT2D eigenvalue weighted by Crippen LogP contribution is 2.34. The van der Waals surface area contributed by atoms with Crippen molar-refractivity contribution >= 4 is 32.9 Å². The molecule has 0 radical (unpaired) electrons. The summed E-state index contributed by atoms with van der Waals surface area (Å²) in [5, 5.41) is 0. The second-order valence-corrected chi connectivity index (χ2v) is 6.90. The standard InChI is InChI=1S/C13H14O2S3/c1-8-4-10(11-6-12(16)18-17-11)5-9(2)13(8)15-7-14-3/h4-6H,7H2,1-3H3.